The molecule has 1 aromatic rings. The van der Waals surface area contributed by atoms with Crippen molar-refractivity contribution in [2.75, 3.05) is 19.9 Å². The highest BCUT2D eigenvalue weighted by molar-refractivity contribution is 8.01. The largest absolute Gasteiger partial charge is 0.468 e. The third-order valence-corrected chi connectivity index (χ3v) is 5.52. The highest BCUT2D eigenvalue weighted by Crippen LogP contribution is 2.43. The van der Waals surface area contributed by atoms with Crippen LogP contribution in [0.5, 0.6) is 0 Å². The van der Waals surface area contributed by atoms with Crippen LogP contribution in [0.25, 0.3) is 0 Å². The molecule has 2 rings (SSSR count). The molecule has 1 fully saturated rings. The van der Waals surface area contributed by atoms with Crippen molar-refractivity contribution in [3.8, 4) is 0 Å². The molecule has 5 nitrogen and oxygen atoms in total. The Labute approximate surface area is 121 Å². The van der Waals surface area contributed by atoms with Gasteiger partial charge in [-0.05, 0) is 37.3 Å². The molecule has 1 atom stereocenters. The third-order valence-electron chi connectivity index (χ3n) is 3.46. The van der Waals surface area contributed by atoms with Crippen LogP contribution in [-0.2, 0) is 16.0 Å². The molecular weight excluding hydrogens is 282 g/mol. The van der Waals surface area contributed by atoms with Crippen LogP contribution in [0.3, 0.4) is 0 Å². The van der Waals surface area contributed by atoms with Crippen LogP contribution in [0.4, 0.5) is 0 Å². The smallest absolute Gasteiger partial charge is 0.327 e. The van der Waals surface area contributed by atoms with E-state index in [1.165, 1.54) is 18.6 Å². The summed E-state index contributed by atoms with van der Waals surface area (Å²) in [6.45, 7) is 2.03. The van der Waals surface area contributed by atoms with E-state index in [1.54, 1.807) is 11.8 Å². The minimum absolute atomic E-state index is 0.176. The Kier molecular flexibility index (Phi) is 4.81. The summed E-state index contributed by atoms with van der Waals surface area (Å²) in [7, 11) is 3.27. The Morgan fingerprint density at radius 2 is 2.37 bits per heavy atom. The molecule has 19 heavy (non-hydrogen) atoms. The van der Waals surface area contributed by atoms with Crippen LogP contribution >= 0.6 is 23.3 Å². The molecule has 1 unspecified atom stereocenters. The number of aryl methyl sites for hydroxylation is 1. The fourth-order valence-electron chi connectivity index (χ4n) is 2.10. The van der Waals surface area contributed by atoms with Crippen molar-refractivity contribution in [2.45, 2.75) is 36.1 Å². The number of hydrogen-bond acceptors (Lipinski definition) is 7. The van der Waals surface area contributed by atoms with Crippen molar-refractivity contribution in [1.82, 2.24) is 14.7 Å². The molecule has 0 aliphatic heterocycles. The number of methoxy groups -OCH3 is 1. The normalized spacial score (nSPS) is 18.1. The first-order valence-electron chi connectivity index (χ1n) is 6.39. The number of aromatic nitrogens is 2. The molecule has 0 bridgehead atoms. The molecule has 0 aromatic carbocycles. The molecule has 1 heterocycles. The van der Waals surface area contributed by atoms with Gasteiger partial charge in [0, 0.05) is 12.2 Å². The number of nitrogens with zero attached hydrogens (tertiary/aromatic N) is 2. The summed E-state index contributed by atoms with van der Waals surface area (Å²) in [5, 5.41) is 3.18. The first-order chi connectivity index (χ1) is 9.16. The summed E-state index contributed by atoms with van der Waals surface area (Å²) in [6.07, 6.45) is 2.99. The van der Waals surface area contributed by atoms with Gasteiger partial charge in [-0.2, -0.15) is 4.37 Å². The summed E-state index contributed by atoms with van der Waals surface area (Å²) in [4.78, 5) is 16.5. The molecule has 1 aromatic heterocycles. The lowest BCUT2D eigenvalue weighted by Gasteiger charge is -2.29. The Hall–Kier alpha value is -0.660. The van der Waals surface area contributed by atoms with Crippen molar-refractivity contribution >= 4 is 29.3 Å². The fourth-order valence-corrected chi connectivity index (χ4v) is 4.11. The van der Waals surface area contributed by atoms with E-state index in [-0.39, 0.29) is 5.97 Å². The number of carbonyl (C=O) groups excluding carboxylic acids is 1. The molecule has 0 amide bonds. The van der Waals surface area contributed by atoms with Crippen molar-refractivity contribution in [1.29, 1.82) is 0 Å². The molecule has 106 valence electrons. The van der Waals surface area contributed by atoms with Gasteiger partial charge in [0.25, 0.3) is 0 Å². The van der Waals surface area contributed by atoms with Crippen molar-refractivity contribution in [2.24, 2.45) is 5.92 Å². The molecule has 0 spiro atoms. The molecule has 7 heteroatoms. The van der Waals surface area contributed by atoms with Crippen LogP contribution in [0.1, 0.15) is 25.6 Å². The summed E-state index contributed by atoms with van der Waals surface area (Å²) in [6, 6.07) is 0. The second-order valence-electron chi connectivity index (χ2n) is 4.61. The third kappa shape index (κ3) is 3.09. The maximum atomic E-state index is 12.1. The quantitative estimate of drug-likeness (QED) is 0.611. The standard InChI is InChI=1S/C12H19N3O2S2/c1-4-9-14-11(19-15-9)18-7-12(13-2,8-5-6-8)10(16)17-3/h8,13H,4-7H2,1-3H3. The van der Waals surface area contributed by atoms with Crippen molar-refractivity contribution in [3.05, 3.63) is 5.82 Å². The zero-order valence-corrected chi connectivity index (χ0v) is 13.1. The first-order valence-corrected chi connectivity index (χ1v) is 8.15. The minimum atomic E-state index is -0.586. The van der Waals surface area contributed by atoms with Gasteiger partial charge >= 0.3 is 5.97 Å². The Bertz CT molecular complexity index is 448. The second-order valence-corrected chi connectivity index (χ2v) is 6.58. The predicted octanol–water partition coefficient (Wildman–Crippen LogP) is 1.73. The molecule has 1 aliphatic carbocycles. The van der Waals surface area contributed by atoms with E-state index in [9.17, 15) is 4.79 Å². The van der Waals surface area contributed by atoms with Gasteiger partial charge in [0.15, 0.2) is 4.34 Å². The SMILES string of the molecule is CCc1nsc(SCC(NC)(C(=O)OC)C2CC2)n1. The number of carbonyl (C=O) groups is 1. The van der Waals surface area contributed by atoms with E-state index >= 15 is 0 Å². The Morgan fingerprint density at radius 3 is 2.84 bits per heavy atom. The topological polar surface area (TPSA) is 64.1 Å². The monoisotopic (exact) mass is 301 g/mol. The second kappa shape index (κ2) is 6.19. The minimum Gasteiger partial charge on any atom is -0.468 e. The van der Waals surface area contributed by atoms with Crippen LogP contribution in [-0.4, -0.2) is 40.8 Å². The van der Waals surface area contributed by atoms with Gasteiger partial charge in [-0.15, -0.1) is 0 Å². The summed E-state index contributed by atoms with van der Waals surface area (Å²) in [5.41, 5.74) is -0.586. The van der Waals surface area contributed by atoms with E-state index < -0.39 is 5.54 Å². The van der Waals surface area contributed by atoms with Crippen LogP contribution in [0, 0.1) is 5.92 Å². The van der Waals surface area contributed by atoms with E-state index in [4.69, 9.17) is 4.74 Å². The summed E-state index contributed by atoms with van der Waals surface area (Å²) in [5.74, 6) is 1.70. The van der Waals surface area contributed by atoms with Gasteiger partial charge in [0.1, 0.15) is 11.4 Å². The van der Waals surface area contributed by atoms with Gasteiger partial charge in [0.05, 0.1) is 7.11 Å². The summed E-state index contributed by atoms with van der Waals surface area (Å²) >= 11 is 2.98. The number of hydrogen-bond donors (Lipinski definition) is 1. The molecule has 1 saturated carbocycles. The summed E-state index contributed by atoms with van der Waals surface area (Å²) < 4.78 is 10.2. The van der Waals surface area contributed by atoms with Crippen LogP contribution in [0.15, 0.2) is 4.34 Å². The first kappa shape index (κ1) is 14.7. The maximum Gasteiger partial charge on any atom is 0.327 e. The van der Waals surface area contributed by atoms with Crippen LogP contribution in [0.2, 0.25) is 0 Å². The van der Waals surface area contributed by atoms with Gasteiger partial charge in [-0.3, -0.25) is 4.79 Å². The van der Waals surface area contributed by atoms with Gasteiger partial charge < -0.3 is 10.1 Å². The molecule has 1 N–H and O–H groups in total. The number of nitrogens with one attached hydrogen (secondary N) is 1. The van der Waals surface area contributed by atoms with Gasteiger partial charge in [-0.1, -0.05) is 18.7 Å². The molecular formula is C12H19N3O2S2. The average molecular weight is 301 g/mol. The van der Waals surface area contributed by atoms with Crippen molar-refractivity contribution in [3.63, 3.8) is 0 Å². The lowest BCUT2D eigenvalue weighted by molar-refractivity contribution is -0.148. The Balaban J connectivity index is 2.05. The number of rotatable bonds is 7. The lowest BCUT2D eigenvalue weighted by Crippen LogP contribution is -2.55. The lowest BCUT2D eigenvalue weighted by atomic mass is 9.96. The number of thioether (sulfide) groups is 1. The fraction of sp³-hybridized carbons (Fsp3) is 0.750. The Morgan fingerprint density at radius 1 is 1.63 bits per heavy atom. The predicted molar refractivity (Wildman–Crippen MR) is 76.5 cm³/mol. The average Bonchev–Trinajstić information content (AvgIpc) is 3.19. The molecule has 0 saturated heterocycles. The number of ether oxygens (including phenoxy) is 1. The number of esters is 1. The molecule has 1 aliphatic rings. The molecule has 0 radical (unpaired) electrons. The van der Waals surface area contributed by atoms with Gasteiger partial charge in [0.2, 0.25) is 0 Å². The van der Waals surface area contributed by atoms with E-state index in [0.29, 0.717) is 11.7 Å². The maximum absolute atomic E-state index is 12.1. The zero-order valence-electron chi connectivity index (χ0n) is 11.4. The van der Waals surface area contributed by atoms with Crippen LogP contribution < -0.4 is 5.32 Å². The van der Waals surface area contributed by atoms with E-state index in [1.807, 2.05) is 14.0 Å². The van der Waals surface area contributed by atoms with E-state index in [0.717, 1.165) is 29.4 Å². The highest BCUT2D eigenvalue weighted by atomic mass is 32.2. The highest BCUT2D eigenvalue weighted by Gasteiger charge is 2.51. The van der Waals surface area contributed by atoms with Crippen molar-refractivity contribution < 1.29 is 9.53 Å². The van der Waals surface area contributed by atoms with E-state index in [2.05, 4.69) is 14.7 Å². The zero-order chi connectivity index (χ0) is 13.9. The van der Waals surface area contributed by atoms with Gasteiger partial charge in [-0.25, -0.2) is 4.98 Å². The number of likely N-dealkylation sites (N-methyl/N-ethyl adjacent to an activating group) is 1.